The number of unbranched alkanes of at least 4 members (excludes halogenated alkanes) is 1. The first kappa shape index (κ1) is 18.4. The maximum Gasteiger partial charge on any atom is 0.417 e. The lowest BCUT2D eigenvalue weighted by Crippen LogP contribution is -2.08. The fourth-order valence-electron chi connectivity index (χ4n) is 3.11. The van der Waals surface area contributed by atoms with E-state index in [0.29, 0.717) is 30.0 Å². The summed E-state index contributed by atoms with van der Waals surface area (Å²) in [5.74, 6) is 0. The van der Waals surface area contributed by atoms with Crippen LogP contribution in [-0.4, -0.2) is 24.5 Å². The zero-order valence-corrected chi connectivity index (χ0v) is 15.4. The number of hydrogen-bond acceptors (Lipinski definition) is 3. The second-order valence-corrected chi connectivity index (χ2v) is 6.40. The Bertz CT molecular complexity index is 937. The van der Waals surface area contributed by atoms with Crippen LogP contribution in [0, 0.1) is 13.8 Å². The summed E-state index contributed by atoms with van der Waals surface area (Å²) >= 11 is 0. The molecule has 0 saturated heterocycles. The second-order valence-electron chi connectivity index (χ2n) is 6.40. The van der Waals surface area contributed by atoms with E-state index in [1.54, 1.807) is 29.4 Å². The highest BCUT2D eigenvalue weighted by atomic mass is 19.4. The minimum atomic E-state index is -4.48. The highest BCUT2D eigenvalue weighted by molar-refractivity contribution is 5.86. The van der Waals surface area contributed by atoms with E-state index in [1.165, 1.54) is 0 Å². The molecule has 3 aromatic heterocycles. The van der Waals surface area contributed by atoms with Gasteiger partial charge in [0.2, 0.25) is 0 Å². The van der Waals surface area contributed by atoms with Gasteiger partial charge in [0.1, 0.15) is 0 Å². The van der Waals surface area contributed by atoms with Gasteiger partial charge in [0.15, 0.2) is 5.65 Å². The third-order valence-electron chi connectivity index (χ3n) is 4.45. The second kappa shape index (κ2) is 6.74. The Kier molecular flexibility index (Phi) is 4.77. The molecule has 0 aliphatic heterocycles. The van der Waals surface area contributed by atoms with Crippen molar-refractivity contribution in [2.24, 2.45) is 0 Å². The van der Waals surface area contributed by atoms with Crippen molar-refractivity contribution in [2.75, 3.05) is 0 Å². The number of fused-ring (bicyclic) bond motifs is 1. The highest BCUT2D eigenvalue weighted by Gasteiger charge is 2.36. The van der Waals surface area contributed by atoms with Crippen LogP contribution in [0.5, 0.6) is 0 Å². The Morgan fingerprint density at radius 3 is 2.38 bits per heavy atom. The molecule has 5 nitrogen and oxygen atoms in total. The van der Waals surface area contributed by atoms with E-state index in [4.69, 9.17) is 0 Å². The molecule has 0 fully saturated rings. The first-order valence-electron chi connectivity index (χ1n) is 8.76. The van der Waals surface area contributed by atoms with Crippen LogP contribution in [0.15, 0.2) is 12.3 Å². The zero-order valence-electron chi connectivity index (χ0n) is 15.4. The van der Waals surface area contributed by atoms with Gasteiger partial charge in [-0.2, -0.15) is 23.4 Å². The van der Waals surface area contributed by atoms with Gasteiger partial charge in [0.25, 0.3) is 0 Å². The minimum absolute atomic E-state index is 0.0814. The average Bonchev–Trinajstić information content (AvgIpc) is 3.11. The SMILES string of the molecule is CCCCn1nc(C)c2c(C(F)(F)F)cc(-c3cn(CC)nc3C)nc21. The molecule has 3 heterocycles. The van der Waals surface area contributed by atoms with Gasteiger partial charge in [0.05, 0.1) is 28.0 Å². The van der Waals surface area contributed by atoms with E-state index in [9.17, 15) is 13.2 Å². The molecule has 0 saturated carbocycles. The molecular formula is C18H22F3N5. The summed E-state index contributed by atoms with van der Waals surface area (Å²) in [6, 6.07) is 1.12. The fourth-order valence-corrected chi connectivity index (χ4v) is 3.11. The summed E-state index contributed by atoms with van der Waals surface area (Å²) in [7, 11) is 0. The molecule has 26 heavy (non-hydrogen) atoms. The number of pyridine rings is 1. The lowest BCUT2D eigenvalue weighted by molar-refractivity contribution is -0.136. The molecule has 0 aliphatic carbocycles. The highest BCUT2D eigenvalue weighted by Crippen LogP contribution is 2.38. The maximum atomic E-state index is 13.7. The first-order valence-corrected chi connectivity index (χ1v) is 8.76. The maximum absolute atomic E-state index is 13.7. The largest absolute Gasteiger partial charge is 0.417 e. The third-order valence-corrected chi connectivity index (χ3v) is 4.45. The summed E-state index contributed by atoms with van der Waals surface area (Å²) in [6.45, 7) is 8.52. The summed E-state index contributed by atoms with van der Waals surface area (Å²) in [6.07, 6.45) is -0.984. The number of rotatable bonds is 5. The molecule has 0 atom stereocenters. The van der Waals surface area contributed by atoms with Crippen molar-refractivity contribution < 1.29 is 13.2 Å². The van der Waals surface area contributed by atoms with E-state index in [-0.39, 0.29) is 16.7 Å². The van der Waals surface area contributed by atoms with Crippen LogP contribution in [0.3, 0.4) is 0 Å². The molecule has 0 N–H and O–H groups in total. The van der Waals surface area contributed by atoms with E-state index in [1.807, 2.05) is 13.8 Å². The van der Waals surface area contributed by atoms with Crippen molar-refractivity contribution in [3.8, 4) is 11.3 Å². The molecule has 0 radical (unpaired) electrons. The Hall–Kier alpha value is -2.38. The normalized spacial score (nSPS) is 12.3. The Balaban J connectivity index is 2.29. The molecule has 0 amide bonds. The van der Waals surface area contributed by atoms with Crippen molar-refractivity contribution >= 4 is 11.0 Å². The van der Waals surface area contributed by atoms with Gasteiger partial charge in [-0.05, 0) is 33.3 Å². The zero-order chi connectivity index (χ0) is 19.1. The third kappa shape index (κ3) is 3.20. The van der Waals surface area contributed by atoms with Crippen LogP contribution >= 0.6 is 0 Å². The fraction of sp³-hybridized carbons (Fsp3) is 0.500. The van der Waals surface area contributed by atoms with Crippen LogP contribution in [-0.2, 0) is 19.3 Å². The van der Waals surface area contributed by atoms with Crippen molar-refractivity contribution in [2.45, 2.75) is 59.8 Å². The number of hydrogen-bond donors (Lipinski definition) is 0. The van der Waals surface area contributed by atoms with Gasteiger partial charge >= 0.3 is 6.18 Å². The quantitative estimate of drug-likeness (QED) is 0.655. The van der Waals surface area contributed by atoms with Crippen LogP contribution in [0.1, 0.15) is 43.6 Å². The van der Waals surface area contributed by atoms with Crippen LogP contribution in [0.2, 0.25) is 0 Å². The van der Waals surface area contributed by atoms with Gasteiger partial charge < -0.3 is 0 Å². The van der Waals surface area contributed by atoms with Gasteiger partial charge in [-0.25, -0.2) is 9.67 Å². The topological polar surface area (TPSA) is 48.5 Å². The lowest BCUT2D eigenvalue weighted by atomic mass is 10.1. The number of alkyl halides is 3. The number of aromatic nitrogens is 5. The van der Waals surface area contributed by atoms with E-state index >= 15 is 0 Å². The van der Waals surface area contributed by atoms with Gasteiger partial charge in [-0.1, -0.05) is 13.3 Å². The van der Waals surface area contributed by atoms with Gasteiger partial charge in [-0.15, -0.1) is 0 Å². The Morgan fingerprint density at radius 1 is 1.08 bits per heavy atom. The van der Waals surface area contributed by atoms with Gasteiger partial charge in [-0.3, -0.25) is 4.68 Å². The smallest absolute Gasteiger partial charge is 0.272 e. The molecule has 0 unspecified atom stereocenters. The molecule has 0 spiro atoms. The number of aryl methyl sites for hydroxylation is 4. The summed E-state index contributed by atoms with van der Waals surface area (Å²) in [5, 5.41) is 8.72. The van der Waals surface area contributed by atoms with Crippen molar-refractivity contribution in [1.29, 1.82) is 0 Å². The molecule has 0 aromatic carbocycles. The predicted octanol–water partition coefficient (Wildman–Crippen LogP) is 4.75. The number of nitrogens with zero attached hydrogens (tertiary/aromatic N) is 5. The Morgan fingerprint density at radius 2 is 1.81 bits per heavy atom. The summed E-state index contributed by atoms with van der Waals surface area (Å²) in [4.78, 5) is 4.55. The Labute approximate surface area is 149 Å². The van der Waals surface area contributed by atoms with Crippen molar-refractivity contribution in [1.82, 2.24) is 24.5 Å². The molecule has 0 aliphatic rings. The van der Waals surface area contributed by atoms with E-state index in [2.05, 4.69) is 15.2 Å². The summed E-state index contributed by atoms with van der Waals surface area (Å²) in [5.41, 5.74) is 1.48. The average molecular weight is 365 g/mol. The standard InChI is InChI=1S/C18H22F3N5/c1-5-7-8-26-17-16(12(4)24-26)14(18(19,20)21)9-15(22-17)13-10-25(6-2)23-11(13)3/h9-10H,5-8H2,1-4H3. The van der Waals surface area contributed by atoms with E-state index < -0.39 is 11.7 Å². The monoisotopic (exact) mass is 365 g/mol. The van der Waals surface area contributed by atoms with E-state index in [0.717, 1.165) is 18.9 Å². The first-order chi connectivity index (χ1) is 12.3. The lowest BCUT2D eigenvalue weighted by Gasteiger charge is -2.11. The van der Waals surface area contributed by atoms with Crippen molar-refractivity contribution in [3.63, 3.8) is 0 Å². The van der Waals surface area contributed by atoms with Crippen LogP contribution in [0.4, 0.5) is 13.2 Å². The number of halogens is 3. The van der Waals surface area contributed by atoms with Crippen LogP contribution in [0.25, 0.3) is 22.3 Å². The molecule has 3 aromatic rings. The molecule has 140 valence electrons. The minimum Gasteiger partial charge on any atom is -0.272 e. The molecular weight excluding hydrogens is 343 g/mol. The van der Waals surface area contributed by atoms with Gasteiger partial charge in [0, 0.05) is 24.8 Å². The summed E-state index contributed by atoms with van der Waals surface area (Å²) < 4.78 is 44.5. The van der Waals surface area contributed by atoms with Crippen LogP contribution < -0.4 is 0 Å². The molecule has 8 heteroatoms. The van der Waals surface area contributed by atoms with Crippen molar-refractivity contribution in [3.05, 3.63) is 29.2 Å². The molecule has 0 bridgehead atoms. The molecule has 3 rings (SSSR count). The predicted molar refractivity (Wildman–Crippen MR) is 93.8 cm³/mol.